The van der Waals surface area contributed by atoms with E-state index in [1.54, 1.807) is 0 Å². The minimum Gasteiger partial charge on any atom is -0.399 e. The van der Waals surface area contributed by atoms with Crippen molar-refractivity contribution in [2.45, 2.75) is 44.7 Å². The number of halogens is 3. The lowest BCUT2D eigenvalue weighted by atomic mass is 9.84. The number of benzene rings is 1. The first kappa shape index (κ1) is 13.2. The molecule has 1 aliphatic rings. The molecule has 0 unspecified atom stereocenters. The largest absolute Gasteiger partial charge is 0.416 e. The minimum absolute atomic E-state index is 0.480. The molecule has 0 radical (unpaired) electrons. The molecule has 4 heteroatoms. The molecule has 0 amide bonds. The first-order chi connectivity index (χ1) is 8.47. The molecule has 0 aromatic heterocycles. The lowest BCUT2D eigenvalue weighted by Gasteiger charge is -2.22. The summed E-state index contributed by atoms with van der Waals surface area (Å²) >= 11 is 0. The van der Waals surface area contributed by atoms with Gasteiger partial charge in [-0.1, -0.05) is 32.1 Å². The summed E-state index contributed by atoms with van der Waals surface area (Å²) in [5.74, 6) is 0.490. The third kappa shape index (κ3) is 3.18. The standard InChI is InChI=1S/C14H18F3N/c15-14(16,17)12-6-7-13(18)11(9-12)8-10-4-2-1-3-5-10/h6-7,9-10H,1-5,8,18H2. The van der Waals surface area contributed by atoms with Crippen molar-refractivity contribution in [3.63, 3.8) is 0 Å². The van der Waals surface area contributed by atoms with Crippen LogP contribution in [0.5, 0.6) is 0 Å². The topological polar surface area (TPSA) is 26.0 Å². The van der Waals surface area contributed by atoms with Crippen LogP contribution in [0.4, 0.5) is 18.9 Å². The van der Waals surface area contributed by atoms with Crippen molar-refractivity contribution in [2.24, 2.45) is 5.92 Å². The molecule has 0 bridgehead atoms. The molecule has 0 heterocycles. The van der Waals surface area contributed by atoms with Crippen molar-refractivity contribution in [2.75, 3.05) is 5.73 Å². The number of anilines is 1. The molecule has 18 heavy (non-hydrogen) atoms. The maximum absolute atomic E-state index is 12.6. The van der Waals surface area contributed by atoms with Crippen LogP contribution in [0.1, 0.15) is 43.2 Å². The van der Waals surface area contributed by atoms with E-state index in [0.29, 0.717) is 23.6 Å². The highest BCUT2D eigenvalue weighted by molar-refractivity contribution is 5.49. The first-order valence-electron chi connectivity index (χ1n) is 6.42. The second-order valence-electron chi connectivity index (χ2n) is 5.12. The number of alkyl halides is 3. The Morgan fingerprint density at radius 1 is 1.11 bits per heavy atom. The fraction of sp³-hybridized carbons (Fsp3) is 0.571. The zero-order valence-electron chi connectivity index (χ0n) is 10.3. The first-order valence-corrected chi connectivity index (χ1v) is 6.42. The van der Waals surface area contributed by atoms with E-state index in [-0.39, 0.29) is 0 Å². The van der Waals surface area contributed by atoms with Crippen LogP contribution in [0.2, 0.25) is 0 Å². The van der Waals surface area contributed by atoms with Gasteiger partial charge in [0, 0.05) is 5.69 Å². The molecular formula is C14H18F3N. The average Bonchev–Trinajstić information content (AvgIpc) is 2.32. The Morgan fingerprint density at radius 3 is 2.39 bits per heavy atom. The van der Waals surface area contributed by atoms with Crippen molar-refractivity contribution in [1.29, 1.82) is 0 Å². The van der Waals surface area contributed by atoms with E-state index in [9.17, 15) is 13.2 Å². The molecule has 1 aliphatic carbocycles. The Labute approximate surface area is 105 Å². The molecule has 1 nitrogen and oxygen atoms in total. The summed E-state index contributed by atoms with van der Waals surface area (Å²) in [7, 11) is 0. The van der Waals surface area contributed by atoms with E-state index in [1.807, 2.05) is 0 Å². The molecule has 1 aromatic carbocycles. The van der Waals surface area contributed by atoms with Gasteiger partial charge < -0.3 is 5.73 Å². The number of hydrogen-bond acceptors (Lipinski definition) is 1. The minimum atomic E-state index is -4.28. The quantitative estimate of drug-likeness (QED) is 0.780. The van der Waals surface area contributed by atoms with Gasteiger partial charge >= 0.3 is 6.18 Å². The summed E-state index contributed by atoms with van der Waals surface area (Å²) in [5.41, 5.74) is 6.32. The summed E-state index contributed by atoms with van der Waals surface area (Å²) < 4.78 is 37.9. The maximum atomic E-state index is 12.6. The van der Waals surface area contributed by atoms with Crippen molar-refractivity contribution in [3.05, 3.63) is 29.3 Å². The zero-order valence-corrected chi connectivity index (χ0v) is 10.3. The molecule has 0 saturated heterocycles. The Balaban J connectivity index is 2.15. The molecule has 1 aromatic rings. The van der Waals surface area contributed by atoms with Gasteiger partial charge in [-0.2, -0.15) is 13.2 Å². The molecule has 0 atom stereocenters. The molecule has 100 valence electrons. The third-order valence-corrected chi connectivity index (χ3v) is 3.70. The van der Waals surface area contributed by atoms with E-state index < -0.39 is 11.7 Å². The van der Waals surface area contributed by atoms with Crippen LogP contribution in [0.25, 0.3) is 0 Å². The Hall–Kier alpha value is -1.19. The van der Waals surface area contributed by atoms with Crippen molar-refractivity contribution in [1.82, 2.24) is 0 Å². The molecule has 1 saturated carbocycles. The summed E-state index contributed by atoms with van der Waals surface area (Å²) in [5, 5.41) is 0. The van der Waals surface area contributed by atoms with E-state index in [0.717, 1.165) is 18.9 Å². The van der Waals surface area contributed by atoms with Gasteiger partial charge in [-0.25, -0.2) is 0 Å². The van der Waals surface area contributed by atoms with E-state index >= 15 is 0 Å². The van der Waals surface area contributed by atoms with Crippen molar-refractivity contribution >= 4 is 5.69 Å². The molecule has 2 rings (SSSR count). The number of rotatable bonds is 2. The normalized spacial score (nSPS) is 17.9. The van der Waals surface area contributed by atoms with Crippen LogP contribution in [0.3, 0.4) is 0 Å². The van der Waals surface area contributed by atoms with Crippen LogP contribution < -0.4 is 5.73 Å². The van der Waals surface area contributed by atoms with Crippen LogP contribution in [0, 0.1) is 5.92 Å². The fourth-order valence-electron chi connectivity index (χ4n) is 2.66. The fourth-order valence-corrected chi connectivity index (χ4v) is 2.66. The van der Waals surface area contributed by atoms with E-state index in [4.69, 9.17) is 5.73 Å². The predicted octanol–water partition coefficient (Wildman–Crippen LogP) is 4.41. The number of hydrogen-bond donors (Lipinski definition) is 1. The molecule has 1 fully saturated rings. The van der Waals surface area contributed by atoms with Crippen LogP contribution >= 0.6 is 0 Å². The predicted molar refractivity (Wildman–Crippen MR) is 66.1 cm³/mol. The molecule has 2 N–H and O–H groups in total. The average molecular weight is 257 g/mol. The smallest absolute Gasteiger partial charge is 0.399 e. The molecule has 0 aliphatic heterocycles. The van der Waals surface area contributed by atoms with Gasteiger partial charge in [0.25, 0.3) is 0 Å². The Bertz CT molecular complexity index is 406. The second-order valence-corrected chi connectivity index (χ2v) is 5.12. The van der Waals surface area contributed by atoms with Gasteiger partial charge in [0.15, 0.2) is 0 Å². The van der Waals surface area contributed by atoms with Gasteiger partial charge in [0.1, 0.15) is 0 Å². The maximum Gasteiger partial charge on any atom is 0.416 e. The second kappa shape index (κ2) is 5.21. The number of nitrogen functional groups attached to an aromatic ring is 1. The summed E-state index contributed by atoms with van der Waals surface area (Å²) in [6.45, 7) is 0. The van der Waals surface area contributed by atoms with Crippen LogP contribution in [-0.4, -0.2) is 0 Å². The van der Waals surface area contributed by atoms with E-state index in [2.05, 4.69) is 0 Å². The Morgan fingerprint density at radius 2 is 1.78 bits per heavy atom. The lowest BCUT2D eigenvalue weighted by molar-refractivity contribution is -0.137. The molecule has 0 spiro atoms. The van der Waals surface area contributed by atoms with Gasteiger partial charge in [-0.15, -0.1) is 0 Å². The lowest BCUT2D eigenvalue weighted by Crippen LogP contribution is -2.12. The third-order valence-electron chi connectivity index (χ3n) is 3.70. The Kier molecular flexibility index (Phi) is 3.83. The van der Waals surface area contributed by atoms with E-state index in [1.165, 1.54) is 31.4 Å². The summed E-state index contributed by atoms with van der Waals surface area (Å²) in [6, 6.07) is 3.64. The van der Waals surface area contributed by atoms with Gasteiger partial charge in [-0.05, 0) is 36.1 Å². The van der Waals surface area contributed by atoms with Crippen LogP contribution in [-0.2, 0) is 12.6 Å². The van der Waals surface area contributed by atoms with Crippen molar-refractivity contribution in [3.8, 4) is 0 Å². The highest BCUT2D eigenvalue weighted by Crippen LogP contribution is 2.33. The summed E-state index contributed by atoms with van der Waals surface area (Å²) in [4.78, 5) is 0. The highest BCUT2D eigenvalue weighted by atomic mass is 19.4. The van der Waals surface area contributed by atoms with Crippen molar-refractivity contribution < 1.29 is 13.2 Å². The van der Waals surface area contributed by atoms with Crippen LogP contribution in [0.15, 0.2) is 18.2 Å². The zero-order chi connectivity index (χ0) is 13.2. The number of nitrogens with two attached hydrogens (primary N) is 1. The SMILES string of the molecule is Nc1ccc(C(F)(F)F)cc1CC1CCCCC1. The monoisotopic (exact) mass is 257 g/mol. The highest BCUT2D eigenvalue weighted by Gasteiger charge is 2.31. The van der Waals surface area contributed by atoms with Gasteiger partial charge in [0.05, 0.1) is 5.56 Å². The molecular weight excluding hydrogens is 239 g/mol. The summed E-state index contributed by atoms with van der Waals surface area (Å²) in [6.07, 6.45) is 2.22. The van der Waals surface area contributed by atoms with Gasteiger partial charge in [-0.3, -0.25) is 0 Å². The van der Waals surface area contributed by atoms with Gasteiger partial charge in [0.2, 0.25) is 0 Å².